The topological polar surface area (TPSA) is 32.8 Å². The van der Waals surface area contributed by atoms with Crippen LogP contribution < -0.4 is 4.74 Å². The van der Waals surface area contributed by atoms with Gasteiger partial charge >= 0.3 is 0 Å². The molecule has 1 amide bonds. The van der Waals surface area contributed by atoms with E-state index in [0.717, 1.165) is 62.2 Å². The van der Waals surface area contributed by atoms with Gasteiger partial charge in [0.15, 0.2) is 0 Å². The Hall–Kier alpha value is -3.18. The predicted octanol–water partition coefficient (Wildman–Crippen LogP) is 5.56. The molecule has 1 atom stereocenters. The highest BCUT2D eigenvalue weighted by Gasteiger charge is 2.51. The lowest BCUT2D eigenvalue weighted by atomic mass is 9.75. The Balaban J connectivity index is 1.26. The zero-order valence-electron chi connectivity index (χ0n) is 20.5. The summed E-state index contributed by atoms with van der Waals surface area (Å²) in [6.45, 7) is 2.67. The maximum Gasteiger partial charge on any atom is 0.228 e. The van der Waals surface area contributed by atoms with Gasteiger partial charge in [0.25, 0.3) is 0 Å². The van der Waals surface area contributed by atoms with Crippen LogP contribution in [-0.4, -0.2) is 49.0 Å². The first-order valence-electron chi connectivity index (χ1n) is 12.4. The van der Waals surface area contributed by atoms with E-state index in [1.165, 1.54) is 23.3 Å². The molecule has 2 aliphatic heterocycles. The molecule has 35 heavy (non-hydrogen) atoms. The molecule has 0 unspecified atom stereocenters. The third kappa shape index (κ3) is 4.70. The van der Waals surface area contributed by atoms with Crippen LogP contribution in [0.1, 0.15) is 30.4 Å². The molecule has 1 spiro atoms. The first-order chi connectivity index (χ1) is 17.0. The van der Waals surface area contributed by atoms with Gasteiger partial charge in [0.2, 0.25) is 5.91 Å². The van der Waals surface area contributed by atoms with Crippen molar-refractivity contribution in [2.45, 2.75) is 38.3 Å². The van der Waals surface area contributed by atoms with Gasteiger partial charge in [-0.05, 0) is 73.7 Å². The normalized spacial score (nSPS) is 19.9. The minimum Gasteiger partial charge on any atom is -0.496 e. The molecule has 0 saturated carbocycles. The highest BCUT2D eigenvalue weighted by molar-refractivity contribution is 5.85. The van der Waals surface area contributed by atoms with E-state index >= 15 is 0 Å². The molecule has 2 saturated heterocycles. The van der Waals surface area contributed by atoms with E-state index in [1.807, 2.05) is 42.3 Å². The average molecular weight is 473 g/mol. The number of para-hydroxylation sites is 1. The molecule has 2 heterocycles. The minimum absolute atomic E-state index is 0.172. The van der Waals surface area contributed by atoms with Crippen LogP contribution in [0.25, 0.3) is 11.1 Å². The molecule has 0 N–H and O–H groups in total. The van der Waals surface area contributed by atoms with Crippen molar-refractivity contribution in [3.63, 3.8) is 0 Å². The molecule has 3 aromatic rings. The Morgan fingerprint density at radius 1 is 0.943 bits per heavy atom. The quantitative estimate of drug-likeness (QED) is 0.471. The lowest BCUT2D eigenvalue weighted by Gasteiger charge is -2.38. The Morgan fingerprint density at radius 3 is 2.31 bits per heavy atom. The van der Waals surface area contributed by atoms with Crippen molar-refractivity contribution < 1.29 is 13.9 Å². The standard InChI is InChI=1S/C30H33FN2O2/c1-32-25(19-22-11-13-24(31)14-12-22)20-30(29(32)34)15-17-33(18-16-30)21-23-7-3-4-8-26(23)27-9-5-6-10-28(27)35-2/h3-14,25H,15-21H2,1-2H3/t25-/m0/s1. The second-order valence-electron chi connectivity index (χ2n) is 10.0. The Labute approximate surface area is 207 Å². The number of halogens is 1. The van der Waals surface area contributed by atoms with Gasteiger partial charge in [-0.15, -0.1) is 0 Å². The van der Waals surface area contributed by atoms with E-state index in [1.54, 1.807) is 7.11 Å². The van der Waals surface area contributed by atoms with Crippen molar-refractivity contribution in [2.75, 3.05) is 27.2 Å². The summed E-state index contributed by atoms with van der Waals surface area (Å²) in [6.07, 6.45) is 3.42. The summed E-state index contributed by atoms with van der Waals surface area (Å²) in [5.41, 5.74) is 4.39. The molecular formula is C30H33FN2O2. The first-order valence-corrected chi connectivity index (χ1v) is 12.4. The summed E-state index contributed by atoms with van der Waals surface area (Å²) < 4.78 is 18.9. The zero-order chi connectivity index (χ0) is 24.4. The third-order valence-corrected chi connectivity index (χ3v) is 7.95. The van der Waals surface area contributed by atoms with Gasteiger partial charge in [0.05, 0.1) is 12.5 Å². The second kappa shape index (κ2) is 9.82. The highest BCUT2D eigenvalue weighted by atomic mass is 19.1. The summed E-state index contributed by atoms with van der Waals surface area (Å²) in [4.78, 5) is 17.8. The number of likely N-dealkylation sites (tertiary alicyclic amines) is 2. The van der Waals surface area contributed by atoms with Crippen LogP contribution in [0.4, 0.5) is 4.39 Å². The molecule has 0 aromatic heterocycles. The van der Waals surface area contributed by atoms with Gasteiger partial charge in [-0.2, -0.15) is 0 Å². The maximum atomic E-state index is 13.3. The summed E-state index contributed by atoms with van der Waals surface area (Å²) in [5.74, 6) is 0.934. The largest absolute Gasteiger partial charge is 0.496 e. The summed E-state index contributed by atoms with van der Waals surface area (Å²) >= 11 is 0. The van der Waals surface area contributed by atoms with Gasteiger partial charge in [-0.1, -0.05) is 54.6 Å². The summed E-state index contributed by atoms with van der Waals surface area (Å²) in [7, 11) is 3.64. The van der Waals surface area contributed by atoms with Crippen molar-refractivity contribution in [1.29, 1.82) is 0 Å². The Kier molecular flexibility index (Phi) is 6.61. The average Bonchev–Trinajstić information content (AvgIpc) is 3.11. The Morgan fingerprint density at radius 2 is 1.60 bits per heavy atom. The number of carbonyl (C=O) groups is 1. The lowest BCUT2D eigenvalue weighted by Crippen LogP contribution is -2.43. The van der Waals surface area contributed by atoms with Gasteiger partial charge < -0.3 is 9.64 Å². The number of ether oxygens (including phenoxy) is 1. The smallest absolute Gasteiger partial charge is 0.228 e. The molecule has 182 valence electrons. The SMILES string of the molecule is COc1ccccc1-c1ccccc1CN1CCC2(CC1)C[C@H](Cc1ccc(F)cc1)N(C)C2=O. The highest BCUT2D eigenvalue weighted by Crippen LogP contribution is 2.45. The molecule has 2 aliphatic rings. The number of benzene rings is 3. The van der Waals surface area contributed by atoms with Gasteiger partial charge in [0, 0.05) is 25.2 Å². The molecule has 5 rings (SSSR count). The first kappa shape index (κ1) is 23.6. The number of hydrogen-bond acceptors (Lipinski definition) is 3. The predicted molar refractivity (Wildman–Crippen MR) is 137 cm³/mol. The van der Waals surface area contributed by atoms with Crippen LogP contribution >= 0.6 is 0 Å². The van der Waals surface area contributed by atoms with Gasteiger partial charge in [-0.25, -0.2) is 4.39 Å². The van der Waals surface area contributed by atoms with Crippen molar-refractivity contribution in [2.24, 2.45) is 5.41 Å². The van der Waals surface area contributed by atoms with E-state index < -0.39 is 0 Å². The number of piperidine rings is 1. The maximum absolute atomic E-state index is 13.3. The van der Waals surface area contributed by atoms with Crippen LogP contribution in [0.15, 0.2) is 72.8 Å². The molecule has 5 heteroatoms. The van der Waals surface area contributed by atoms with Crippen molar-refractivity contribution in [1.82, 2.24) is 9.80 Å². The molecule has 3 aromatic carbocycles. The molecule has 0 aliphatic carbocycles. The minimum atomic E-state index is -0.266. The monoisotopic (exact) mass is 472 g/mol. The van der Waals surface area contributed by atoms with Crippen LogP contribution in [0.3, 0.4) is 0 Å². The number of likely N-dealkylation sites (N-methyl/N-ethyl adjacent to an activating group) is 1. The number of rotatable bonds is 6. The van der Waals surface area contributed by atoms with E-state index in [9.17, 15) is 9.18 Å². The number of hydrogen-bond donors (Lipinski definition) is 0. The summed E-state index contributed by atoms with van der Waals surface area (Å²) in [6, 6.07) is 23.5. The zero-order valence-corrected chi connectivity index (χ0v) is 20.5. The molecular weight excluding hydrogens is 439 g/mol. The number of carbonyl (C=O) groups excluding carboxylic acids is 1. The van der Waals surface area contributed by atoms with Gasteiger partial charge in [-0.3, -0.25) is 9.69 Å². The van der Waals surface area contributed by atoms with Crippen molar-refractivity contribution >= 4 is 5.91 Å². The number of amides is 1. The number of methoxy groups -OCH3 is 1. The fourth-order valence-corrected chi connectivity index (χ4v) is 5.90. The van der Waals surface area contributed by atoms with E-state index in [4.69, 9.17) is 4.74 Å². The lowest BCUT2D eigenvalue weighted by molar-refractivity contribution is -0.137. The van der Waals surface area contributed by atoms with Crippen LogP contribution in [0.2, 0.25) is 0 Å². The van der Waals surface area contributed by atoms with Crippen LogP contribution in [0, 0.1) is 11.2 Å². The summed E-state index contributed by atoms with van der Waals surface area (Å²) in [5, 5.41) is 0. The van der Waals surface area contributed by atoms with Crippen molar-refractivity contribution in [3.05, 3.63) is 89.7 Å². The third-order valence-electron chi connectivity index (χ3n) is 7.95. The molecule has 4 nitrogen and oxygen atoms in total. The molecule has 2 fully saturated rings. The van der Waals surface area contributed by atoms with Crippen LogP contribution in [0.5, 0.6) is 5.75 Å². The van der Waals surface area contributed by atoms with E-state index in [-0.39, 0.29) is 23.2 Å². The van der Waals surface area contributed by atoms with E-state index in [2.05, 4.69) is 35.2 Å². The number of nitrogens with zero attached hydrogens (tertiary/aromatic N) is 2. The van der Waals surface area contributed by atoms with Crippen molar-refractivity contribution in [3.8, 4) is 16.9 Å². The van der Waals surface area contributed by atoms with Gasteiger partial charge in [0.1, 0.15) is 11.6 Å². The molecule has 0 radical (unpaired) electrons. The Bertz CT molecular complexity index is 1180. The fraction of sp³-hybridized carbons (Fsp3) is 0.367. The molecule has 0 bridgehead atoms. The fourth-order valence-electron chi connectivity index (χ4n) is 5.90. The van der Waals surface area contributed by atoms with Crippen LogP contribution in [-0.2, 0) is 17.8 Å². The second-order valence-corrected chi connectivity index (χ2v) is 10.0. The van der Waals surface area contributed by atoms with E-state index in [0.29, 0.717) is 0 Å².